The monoisotopic (exact) mass is 487 g/mol. The van der Waals surface area contributed by atoms with Gasteiger partial charge in [-0.2, -0.15) is 18.2 Å². The van der Waals surface area contributed by atoms with E-state index in [1.807, 2.05) is 49.0 Å². The summed E-state index contributed by atoms with van der Waals surface area (Å²) in [5, 5.41) is 14.7. The van der Waals surface area contributed by atoms with Gasteiger partial charge < -0.3 is 14.9 Å². The van der Waals surface area contributed by atoms with Gasteiger partial charge in [0.05, 0.1) is 0 Å². The summed E-state index contributed by atoms with van der Waals surface area (Å²) in [6.45, 7) is 5.68. The number of carboxylic acid groups (broad SMARTS) is 1. The number of carbonyl (C=O) groups is 1. The summed E-state index contributed by atoms with van der Waals surface area (Å²) in [5.74, 6) is -1.02. The second kappa shape index (κ2) is 9.62. The minimum atomic E-state index is -5.08. The zero-order valence-corrected chi connectivity index (χ0v) is 18.7. The van der Waals surface area contributed by atoms with Crippen molar-refractivity contribution < 1.29 is 27.6 Å². The van der Waals surface area contributed by atoms with Crippen LogP contribution >= 0.6 is 0 Å². The molecule has 0 fully saturated rings. The maximum absolute atomic E-state index is 10.6. The molecule has 2 N–H and O–H groups in total. The number of carboxylic acids is 1. The Morgan fingerprint density at radius 1 is 1.20 bits per heavy atom. The molecule has 0 radical (unpaired) electrons. The Balaban J connectivity index is 0.000000364. The van der Waals surface area contributed by atoms with Crippen LogP contribution in [0.25, 0.3) is 28.8 Å². The normalized spacial score (nSPS) is 13.1. The molecule has 10 nitrogen and oxygen atoms in total. The minimum absolute atomic E-state index is 0.382. The van der Waals surface area contributed by atoms with Crippen molar-refractivity contribution in [2.45, 2.75) is 33.0 Å². The third-order valence-electron chi connectivity index (χ3n) is 5.16. The molecular formula is C22H20F3N7O3. The van der Waals surface area contributed by atoms with E-state index in [4.69, 9.17) is 14.4 Å². The molecule has 4 aromatic rings. The van der Waals surface area contributed by atoms with Crippen LogP contribution < -0.4 is 5.32 Å². The molecule has 0 aliphatic carbocycles. The molecule has 5 heterocycles. The summed E-state index contributed by atoms with van der Waals surface area (Å²) in [4.78, 5) is 26.9. The van der Waals surface area contributed by atoms with Gasteiger partial charge in [-0.05, 0) is 50.1 Å². The molecule has 4 aromatic heterocycles. The summed E-state index contributed by atoms with van der Waals surface area (Å²) >= 11 is 0. The fraction of sp³-hybridized carbons (Fsp3) is 0.273. The lowest BCUT2D eigenvalue weighted by Crippen LogP contribution is -2.24. The van der Waals surface area contributed by atoms with E-state index in [1.54, 1.807) is 6.33 Å². The van der Waals surface area contributed by atoms with E-state index < -0.39 is 12.1 Å². The van der Waals surface area contributed by atoms with E-state index in [-0.39, 0.29) is 0 Å². The van der Waals surface area contributed by atoms with Crippen molar-refractivity contribution in [3.8, 4) is 28.8 Å². The number of alkyl halides is 3. The molecule has 5 rings (SSSR count). The van der Waals surface area contributed by atoms with Gasteiger partial charge in [-0.3, -0.25) is 9.55 Å². The van der Waals surface area contributed by atoms with Crippen LogP contribution in [-0.2, 0) is 17.8 Å². The maximum Gasteiger partial charge on any atom is 0.490 e. The van der Waals surface area contributed by atoms with Crippen LogP contribution in [0.2, 0.25) is 0 Å². The lowest BCUT2D eigenvalue weighted by molar-refractivity contribution is -0.192. The lowest BCUT2D eigenvalue weighted by Gasteiger charge is -2.19. The number of aryl methyl sites for hydroxylation is 2. The number of aliphatic carboxylic acids is 1. The van der Waals surface area contributed by atoms with E-state index in [2.05, 4.69) is 30.4 Å². The van der Waals surface area contributed by atoms with Crippen LogP contribution in [-0.4, -0.2) is 53.5 Å². The molecule has 0 spiro atoms. The number of nitrogens with one attached hydrogen (secondary N) is 1. The van der Waals surface area contributed by atoms with Gasteiger partial charge in [-0.25, -0.2) is 14.8 Å². The third-order valence-corrected chi connectivity index (χ3v) is 5.16. The van der Waals surface area contributed by atoms with Crippen molar-refractivity contribution >= 4 is 5.97 Å². The Morgan fingerprint density at radius 2 is 1.97 bits per heavy atom. The maximum atomic E-state index is 10.6. The van der Waals surface area contributed by atoms with E-state index in [0.717, 1.165) is 42.3 Å². The average Bonchev–Trinajstić information content (AvgIpc) is 3.49. The van der Waals surface area contributed by atoms with Gasteiger partial charge in [0, 0.05) is 35.9 Å². The quantitative estimate of drug-likeness (QED) is 0.447. The van der Waals surface area contributed by atoms with Gasteiger partial charge in [-0.1, -0.05) is 11.2 Å². The number of fused-ring (bicyclic) bond motifs is 1. The number of imidazole rings is 1. The Bertz CT molecular complexity index is 1360. The van der Waals surface area contributed by atoms with Crippen molar-refractivity contribution in [1.82, 2.24) is 35.0 Å². The van der Waals surface area contributed by atoms with Crippen LogP contribution in [0, 0.1) is 13.8 Å². The second-order valence-corrected chi connectivity index (χ2v) is 7.68. The molecule has 1 aliphatic heterocycles. The van der Waals surface area contributed by atoms with Crippen LogP contribution in [0.15, 0.2) is 41.4 Å². The molecule has 0 saturated heterocycles. The first-order valence-electron chi connectivity index (χ1n) is 10.4. The highest BCUT2D eigenvalue weighted by atomic mass is 19.4. The molecule has 182 valence electrons. The summed E-state index contributed by atoms with van der Waals surface area (Å²) < 4.78 is 39.1. The minimum Gasteiger partial charge on any atom is -0.475 e. The first kappa shape index (κ1) is 24.0. The predicted molar refractivity (Wildman–Crippen MR) is 116 cm³/mol. The Kier molecular flexibility index (Phi) is 6.60. The lowest BCUT2D eigenvalue weighted by atomic mass is 9.95. The number of pyridine rings is 2. The van der Waals surface area contributed by atoms with E-state index in [9.17, 15) is 13.2 Å². The number of hydrogen-bond donors (Lipinski definition) is 2. The molecule has 0 aromatic carbocycles. The Labute approximate surface area is 196 Å². The fourth-order valence-corrected chi connectivity index (χ4v) is 3.53. The smallest absolute Gasteiger partial charge is 0.475 e. The standard InChI is InChI=1S/C20H19N7O.C2HF3O2/c1-12-4-3-5-17(24-12)27-10-16(23-11-27)20-25-19(26-28-20)18-13(2)22-9-14-8-21-7-6-15(14)18;3-2(4,5)1(6)7/h3-5,9-11,21H,6-8H2,1-2H3;(H,6,7). The highest BCUT2D eigenvalue weighted by molar-refractivity contribution is 5.73. The van der Waals surface area contributed by atoms with Gasteiger partial charge in [-0.15, -0.1) is 0 Å². The molecular weight excluding hydrogens is 467 g/mol. The number of hydrogen-bond acceptors (Lipinski definition) is 8. The van der Waals surface area contributed by atoms with Crippen LogP contribution in [0.1, 0.15) is 22.5 Å². The second-order valence-electron chi connectivity index (χ2n) is 7.68. The van der Waals surface area contributed by atoms with Crippen LogP contribution in [0.4, 0.5) is 13.2 Å². The largest absolute Gasteiger partial charge is 0.490 e. The van der Waals surface area contributed by atoms with E-state index >= 15 is 0 Å². The Morgan fingerprint density at radius 3 is 2.69 bits per heavy atom. The molecule has 0 unspecified atom stereocenters. The molecule has 0 atom stereocenters. The summed E-state index contributed by atoms with van der Waals surface area (Å²) in [6.07, 6.45) is 1.31. The third kappa shape index (κ3) is 5.35. The first-order chi connectivity index (χ1) is 16.6. The Hall–Kier alpha value is -4.13. The topological polar surface area (TPSA) is 132 Å². The summed E-state index contributed by atoms with van der Waals surface area (Å²) in [6, 6.07) is 5.85. The number of nitrogens with zero attached hydrogens (tertiary/aromatic N) is 6. The van der Waals surface area contributed by atoms with Crippen LogP contribution in [0.5, 0.6) is 0 Å². The molecule has 0 bridgehead atoms. The molecule has 35 heavy (non-hydrogen) atoms. The van der Waals surface area contributed by atoms with E-state index in [1.165, 1.54) is 11.1 Å². The molecule has 0 amide bonds. The molecule has 0 saturated carbocycles. The van der Waals surface area contributed by atoms with Gasteiger partial charge >= 0.3 is 12.1 Å². The van der Waals surface area contributed by atoms with Crippen molar-refractivity contribution in [3.63, 3.8) is 0 Å². The van der Waals surface area contributed by atoms with Gasteiger partial charge in [0.1, 0.15) is 17.8 Å². The number of halogens is 3. The molecule has 1 aliphatic rings. The zero-order valence-electron chi connectivity index (χ0n) is 18.7. The van der Waals surface area contributed by atoms with E-state index in [0.29, 0.717) is 17.4 Å². The van der Waals surface area contributed by atoms with Crippen molar-refractivity contribution in [2.75, 3.05) is 6.54 Å². The summed E-state index contributed by atoms with van der Waals surface area (Å²) in [7, 11) is 0. The van der Waals surface area contributed by atoms with Gasteiger partial charge in [0.25, 0.3) is 5.89 Å². The molecule has 13 heteroatoms. The van der Waals surface area contributed by atoms with Gasteiger partial charge in [0.15, 0.2) is 0 Å². The predicted octanol–water partition coefficient (Wildman–Crippen LogP) is 3.28. The van der Waals surface area contributed by atoms with Gasteiger partial charge in [0.2, 0.25) is 5.82 Å². The summed E-state index contributed by atoms with van der Waals surface area (Å²) in [5.41, 5.74) is 5.86. The number of aromatic nitrogens is 6. The van der Waals surface area contributed by atoms with Crippen molar-refractivity contribution in [2.24, 2.45) is 0 Å². The van der Waals surface area contributed by atoms with Crippen molar-refractivity contribution in [1.29, 1.82) is 0 Å². The van der Waals surface area contributed by atoms with Crippen molar-refractivity contribution in [3.05, 3.63) is 59.4 Å². The first-order valence-corrected chi connectivity index (χ1v) is 10.4. The average molecular weight is 487 g/mol. The SMILES string of the molecule is Cc1cccc(-n2cnc(-c3nc(-c4c(C)ncc5c4CCNC5)no3)c2)n1.O=C(O)C(F)(F)F. The fourth-order valence-electron chi connectivity index (χ4n) is 3.53. The van der Waals surface area contributed by atoms with Crippen LogP contribution in [0.3, 0.4) is 0 Å². The highest BCUT2D eigenvalue weighted by Gasteiger charge is 2.38. The number of rotatable bonds is 3. The highest BCUT2D eigenvalue weighted by Crippen LogP contribution is 2.30. The zero-order chi connectivity index (χ0) is 25.2.